The third kappa shape index (κ3) is 3.68. The Balaban J connectivity index is 0.00000169. The Morgan fingerprint density at radius 1 is 1.36 bits per heavy atom. The maximum absolute atomic E-state index is 12.3. The Bertz CT molecular complexity index is 706. The second kappa shape index (κ2) is 7.67. The third-order valence-electron chi connectivity index (χ3n) is 4.41. The monoisotopic (exact) mass is 389 g/mol. The first-order valence-electron chi connectivity index (χ1n) is 7.58. The summed E-state index contributed by atoms with van der Waals surface area (Å²) in [5, 5.41) is 11.7. The van der Waals surface area contributed by atoms with Gasteiger partial charge < -0.3 is 22.5 Å². The molecule has 0 aliphatic carbocycles. The van der Waals surface area contributed by atoms with Gasteiger partial charge in [-0.25, -0.2) is 4.79 Å². The van der Waals surface area contributed by atoms with E-state index < -0.39 is 34.7 Å². The van der Waals surface area contributed by atoms with Crippen LogP contribution >= 0.6 is 11.8 Å². The molecule has 9 heteroatoms. The fourth-order valence-corrected chi connectivity index (χ4v) is 4.83. The van der Waals surface area contributed by atoms with Crippen molar-refractivity contribution in [1.82, 2.24) is 10.2 Å². The third-order valence-corrected chi connectivity index (χ3v) is 5.99. The number of nitrogens with zero attached hydrogens (tertiary/aromatic N) is 1. The molecule has 130 valence electrons. The summed E-state index contributed by atoms with van der Waals surface area (Å²) in [4.78, 5) is 37.5. The average molecular weight is 390 g/mol. The van der Waals surface area contributed by atoms with Crippen molar-refractivity contribution < 1.29 is 72.3 Å². The standard InChI is InChI=1S/C16H19N3O4S.K.H/c1-16(2)11(15(22)23)19-13(21)10(14(19)24-16)18-12(20)9(17)8-6-4-3-5-7-8;;/h3-7,9-11,14H,17H2,1-2H3,(H,18,20)(H,22,23);;/q;+1;-1/t9?,10-,11+,14-;;/m1../s1. The van der Waals surface area contributed by atoms with Crippen LogP contribution in [0.4, 0.5) is 0 Å². The van der Waals surface area contributed by atoms with Crippen molar-refractivity contribution in [3.63, 3.8) is 0 Å². The molecule has 7 nitrogen and oxygen atoms in total. The average Bonchev–Trinajstić information content (AvgIpc) is 2.80. The van der Waals surface area contributed by atoms with Crippen LogP contribution in [0.2, 0.25) is 0 Å². The van der Waals surface area contributed by atoms with Gasteiger partial charge in [0.2, 0.25) is 11.8 Å². The maximum atomic E-state index is 12.3. The number of nitrogens with two attached hydrogens (primary N) is 1. The first-order valence-corrected chi connectivity index (χ1v) is 8.45. The second-order valence-corrected chi connectivity index (χ2v) is 8.24. The smallest absolute Gasteiger partial charge is 1.00 e. The van der Waals surface area contributed by atoms with Crippen LogP contribution in [-0.4, -0.2) is 50.0 Å². The van der Waals surface area contributed by atoms with Crippen molar-refractivity contribution in [3.8, 4) is 0 Å². The number of thioether (sulfide) groups is 1. The molecule has 4 atom stereocenters. The van der Waals surface area contributed by atoms with E-state index in [2.05, 4.69) is 5.32 Å². The van der Waals surface area contributed by atoms with Gasteiger partial charge in [0.1, 0.15) is 23.5 Å². The van der Waals surface area contributed by atoms with Gasteiger partial charge in [0.15, 0.2) is 0 Å². The molecule has 0 radical (unpaired) electrons. The minimum atomic E-state index is -1.03. The molecule has 3 rings (SSSR count). The number of rotatable bonds is 4. The van der Waals surface area contributed by atoms with Crippen LogP contribution in [0.1, 0.15) is 26.9 Å². The van der Waals surface area contributed by atoms with E-state index in [1.54, 1.807) is 38.1 Å². The Labute approximate surface area is 194 Å². The Kier molecular flexibility index (Phi) is 6.41. The van der Waals surface area contributed by atoms with Crippen molar-refractivity contribution in [2.24, 2.45) is 5.73 Å². The fraction of sp³-hybridized carbons (Fsp3) is 0.438. The molecule has 1 unspecified atom stereocenters. The van der Waals surface area contributed by atoms with Crippen LogP contribution in [0.15, 0.2) is 30.3 Å². The number of benzene rings is 1. The molecule has 25 heavy (non-hydrogen) atoms. The summed E-state index contributed by atoms with van der Waals surface area (Å²) in [5.74, 6) is -1.86. The molecular formula is C16H20KN3O4S. The maximum Gasteiger partial charge on any atom is 1.00 e. The van der Waals surface area contributed by atoms with Gasteiger partial charge >= 0.3 is 57.4 Å². The Morgan fingerprint density at radius 3 is 2.52 bits per heavy atom. The SMILES string of the molecule is CC1(C)S[C@@H]2[C@H](NC(=O)C(N)c3ccccc3)C(=O)N2[C@H]1C(=O)O.[H-].[K+]. The van der Waals surface area contributed by atoms with Crippen molar-refractivity contribution in [3.05, 3.63) is 35.9 Å². The number of carboxylic acids is 1. The minimum Gasteiger partial charge on any atom is -1.00 e. The number of carbonyl (C=O) groups is 3. The zero-order valence-corrected chi connectivity index (χ0v) is 18.2. The van der Waals surface area contributed by atoms with Crippen molar-refractivity contribution in [1.29, 1.82) is 0 Å². The zero-order chi connectivity index (χ0) is 17.6. The van der Waals surface area contributed by atoms with E-state index in [0.717, 1.165) is 0 Å². The van der Waals surface area contributed by atoms with Gasteiger partial charge in [-0.05, 0) is 19.4 Å². The van der Waals surface area contributed by atoms with Crippen LogP contribution in [0.3, 0.4) is 0 Å². The van der Waals surface area contributed by atoms with Crippen LogP contribution in [-0.2, 0) is 14.4 Å². The van der Waals surface area contributed by atoms with Gasteiger partial charge in [-0.2, -0.15) is 0 Å². The number of hydrogen-bond acceptors (Lipinski definition) is 5. The molecule has 0 aromatic heterocycles. The van der Waals surface area contributed by atoms with Gasteiger partial charge in [0, 0.05) is 4.75 Å². The molecule has 1 aromatic rings. The molecule has 2 aliphatic rings. The van der Waals surface area contributed by atoms with Gasteiger partial charge in [-0.15, -0.1) is 11.8 Å². The first kappa shape index (κ1) is 20.9. The number of amides is 2. The molecule has 0 saturated carbocycles. The van der Waals surface area contributed by atoms with Gasteiger partial charge in [0.25, 0.3) is 0 Å². The summed E-state index contributed by atoms with van der Waals surface area (Å²) in [5.41, 5.74) is 6.59. The first-order chi connectivity index (χ1) is 11.2. The molecule has 0 bridgehead atoms. The molecule has 2 amide bonds. The molecule has 0 spiro atoms. The Hall–Kier alpha value is -0.424. The summed E-state index contributed by atoms with van der Waals surface area (Å²) in [6.45, 7) is 3.58. The zero-order valence-electron chi connectivity index (χ0n) is 15.3. The van der Waals surface area contributed by atoms with Crippen molar-refractivity contribution in [2.45, 2.75) is 42.1 Å². The van der Waals surface area contributed by atoms with E-state index in [4.69, 9.17) is 5.73 Å². The topological polar surface area (TPSA) is 113 Å². The number of fused-ring (bicyclic) bond motifs is 1. The van der Waals surface area contributed by atoms with E-state index in [1.165, 1.54) is 16.7 Å². The number of carboxylic acid groups (broad SMARTS) is 1. The Morgan fingerprint density at radius 2 is 1.96 bits per heavy atom. The van der Waals surface area contributed by atoms with Gasteiger partial charge in [0.05, 0.1) is 0 Å². The van der Waals surface area contributed by atoms with Crippen LogP contribution < -0.4 is 62.4 Å². The summed E-state index contributed by atoms with van der Waals surface area (Å²) in [6.07, 6.45) is 0. The number of nitrogens with one attached hydrogen (secondary N) is 1. The molecule has 4 N–H and O–H groups in total. The molecule has 2 fully saturated rings. The summed E-state index contributed by atoms with van der Waals surface area (Å²) in [6, 6.07) is 6.38. The summed E-state index contributed by atoms with van der Waals surface area (Å²) < 4.78 is -0.618. The minimum absolute atomic E-state index is 0. The van der Waals surface area contributed by atoms with E-state index >= 15 is 0 Å². The van der Waals surface area contributed by atoms with Gasteiger partial charge in [-0.3, -0.25) is 9.59 Å². The van der Waals surface area contributed by atoms with E-state index in [9.17, 15) is 19.5 Å². The van der Waals surface area contributed by atoms with Gasteiger partial charge in [-0.1, -0.05) is 30.3 Å². The normalized spacial score (nSPS) is 27.6. The predicted octanol–water partition coefficient (Wildman–Crippen LogP) is -2.57. The molecular weight excluding hydrogens is 369 g/mol. The van der Waals surface area contributed by atoms with E-state index in [-0.39, 0.29) is 64.1 Å². The van der Waals surface area contributed by atoms with Crippen LogP contribution in [0.5, 0.6) is 0 Å². The fourth-order valence-electron chi connectivity index (χ4n) is 3.20. The molecule has 2 heterocycles. The number of β-lactam (4-membered cyclic amide) rings is 1. The van der Waals surface area contributed by atoms with E-state index in [0.29, 0.717) is 5.56 Å². The summed E-state index contributed by atoms with van der Waals surface area (Å²) in [7, 11) is 0. The second-order valence-electron chi connectivity index (χ2n) is 6.47. The molecule has 2 aliphatic heterocycles. The predicted molar refractivity (Wildman–Crippen MR) is 90.1 cm³/mol. The number of hydrogen-bond donors (Lipinski definition) is 3. The number of carbonyl (C=O) groups excluding carboxylic acids is 2. The molecule has 2 saturated heterocycles. The van der Waals surface area contributed by atoms with Crippen LogP contribution in [0.25, 0.3) is 0 Å². The van der Waals surface area contributed by atoms with E-state index in [1.807, 2.05) is 6.07 Å². The summed E-state index contributed by atoms with van der Waals surface area (Å²) >= 11 is 1.38. The quantitative estimate of drug-likeness (QED) is 0.386. The van der Waals surface area contributed by atoms with Crippen LogP contribution in [0, 0.1) is 0 Å². The largest absolute Gasteiger partial charge is 1.00 e. The molecule has 1 aromatic carbocycles. The number of aliphatic carboxylic acids is 1. The van der Waals surface area contributed by atoms with Crippen molar-refractivity contribution in [2.75, 3.05) is 0 Å². The van der Waals surface area contributed by atoms with Crippen molar-refractivity contribution >= 4 is 29.5 Å².